The molecule has 0 saturated carbocycles. The summed E-state index contributed by atoms with van der Waals surface area (Å²) in [4.78, 5) is 25.1. The number of carbonyl (C=O) groups is 2. The highest BCUT2D eigenvalue weighted by atomic mass is 16.2. The lowest BCUT2D eigenvalue weighted by Gasteiger charge is -2.17. The van der Waals surface area contributed by atoms with E-state index in [1.165, 1.54) is 4.90 Å². The van der Waals surface area contributed by atoms with E-state index in [-0.39, 0.29) is 30.2 Å². The number of amides is 2. The highest BCUT2D eigenvalue weighted by molar-refractivity contribution is 6.06. The Bertz CT molecular complexity index is 428. The van der Waals surface area contributed by atoms with E-state index >= 15 is 0 Å². The molecule has 1 saturated heterocycles. The minimum absolute atomic E-state index is 0.124. The van der Waals surface area contributed by atoms with E-state index in [0.717, 1.165) is 5.56 Å². The van der Waals surface area contributed by atoms with Crippen molar-refractivity contribution >= 4 is 11.8 Å². The van der Waals surface area contributed by atoms with Gasteiger partial charge in [0, 0.05) is 19.0 Å². The summed E-state index contributed by atoms with van der Waals surface area (Å²) in [6.45, 7) is 2.09. The zero-order chi connectivity index (χ0) is 12.4. The first-order chi connectivity index (χ1) is 8.09. The van der Waals surface area contributed by atoms with Gasteiger partial charge in [0.05, 0.1) is 5.92 Å². The topological polar surface area (TPSA) is 63.4 Å². The van der Waals surface area contributed by atoms with E-state index in [1.807, 2.05) is 30.3 Å². The third-order valence-corrected chi connectivity index (χ3v) is 2.92. The molecule has 90 valence electrons. The maximum absolute atomic E-state index is 12.1. The molecule has 2 atom stereocenters. The number of imide groups is 1. The zero-order valence-electron chi connectivity index (χ0n) is 9.80. The number of nitrogens with zero attached hydrogens (tertiary/aromatic N) is 1. The van der Waals surface area contributed by atoms with Gasteiger partial charge in [-0.2, -0.15) is 0 Å². The second-order valence-corrected chi connectivity index (χ2v) is 4.49. The van der Waals surface area contributed by atoms with Crippen LogP contribution >= 0.6 is 0 Å². The maximum Gasteiger partial charge on any atom is 0.237 e. The van der Waals surface area contributed by atoms with Crippen LogP contribution in [0.25, 0.3) is 0 Å². The average molecular weight is 232 g/mol. The lowest BCUT2D eigenvalue weighted by atomic mass is 9.98. The Kier molecular flexibility index (Phi) is 3.24. The molecule has 1 aliphatic rings. The smallest absolute Gasteiger partial charge is 0.237 e. The molecule has 2 unspecified atom stereocenters. The van der Waals surface area contributed by atoms with Gasteiger partial charge in [-0.1, -0.05) is 30.3 Å². The van der Waals surface area contributed by atoms with E-state index in [4.69, 9.17) is 5.73 Å². The normalized spacial score (nSPS) is 22.0. The summed E-state index contributed by atoms with van der Waals surface area (Å²) in [5.41, 5.74) is 6.54. The van der Waals surface area contributed by atoms with Gasteiger partial charge in [-0.05, 0) is 12.5 Å². The summed E-state index contributed by atoms with van der Waals surface area (Å²) < 4.78 is 0. The lowest BCUT2D eigenvalue weighted by Crippen LogP contribution is -2.39. The van der Waals surface area contributed by atoms with Crippen LogP contribution in [-0.2, 0) is 9.59 Å². The van der Waals surface area contributed by atoms with Gasteiger partial charge in [0.1, 0.15) is 0 Å². The van der Waals surface area contributed by atoms with Gasteiger partial charge in [-0.15, -0.1) is 0 Å². The van der Waals surface area contributed by atoms with Crippen LogP contribution in [0.15, 0.2) is 30.3 Å². The van der Waals surface area contributed by atoms with E-state index in [0.29, 0.717) is 6.54 Å². The van der Waals surface area contributed by atoms with Gasteiger partial charge < -0.3 is 5.73 Å². The largest absolute Gasteiger partial charge is 0.326 e. The molecule has 0 aliphatic carbocycles. The Morgan fingerprint density at radius 2 is 2.00 bits per heavy atom. The number of benzene rings is 1. The Morgan fingerprint density at radius 1 is 1.35 bits per heavy atom. The highest BCUT2D eigenvalue weighted by Gasteiger charge is 2.39. The fourth-order valence-electron chi connectivity index (χ4n) is 2.11. The summed E-state index contributed by atoms with van der Waals surface area (Å²) in [6.07, 6.45) is 0.259. The molecule has 0 radical (unpaired) electrons. The standard InChI is InChI=1S/C13H16N2O2/c1-9(14)8-15-12(16)7-11(13(15)17)10-5-3-2-4-6-10/h2-6,9,11H,7-8,14H2,1H3. The molecule has 1 aromatic carbocycles. The average Bonchev–Trinajstić information content (AvgIpc) is 2.58. The van der Waals surface area contributed by atoms with Crippen LogP contribution in [0.4, 0.5) is 0 Å². The van der Waals surface area contributed by atoms with Gasteiger partial charge >= 0.3 is 0 Å². The van der Waals surface area contributed by atoms with Crippen molar-refractivity contribution in [2.45, 2.75) is 25.3 Å². The molecule has 1 aliphatic heterocycles. The Labute approximate surface area is 100 Å². The number of carbonyl (C=O) groups excluding carboxylic acids is 2. The molecule has 4 heteroatoms. The molecule has 4 nitrogen and oxygen atoms in total. The zero-order valence-corrected chi connectivity index (χ0v) is 9.80. The molecule has 0 aromatic heterocycles. The summed E-state index contributed by atoms with van der Waals surface area (Å²) in [6, 6.07) is 9.22. The Hall–Kier alpha value is -1.68. The SMILES string of the molecule is CC(N)CN1C(=O)CC(c2ccccc2)C1=O. The lowest BCUT2D eigenvalue weighted by molar-refractivity contribution is -0.138. The maximum atomic E-state index is 12.1. The summed E-state index contributed by atoms with van der Waals surface area (Å²) in [5.74, 6) is -0.581. The van der Waals surface area contributed by atoms with E-state index in [1.54, 1.807) is 6.92 Å². The third kappa shape index (κ3) is 2.36. The second kappa shape index (κ2) is 4.67. The van der Waals surface area contributed by atoms with E-state index in [2.05, 4.69) is 0 Å². The van der Waals surface area contributed by atoms with E-state index in [9.17, 15) is 9.59 Å². The number of hydrogen-bond donors (Lipinski definition) is 1. The minimum Gasteiger partial charge on any atom is -0.326 e. The molecule has 2 rings (SSSR count). The molecule has 1 aromatic rings. The monoisotopic (exact) mass is 232 g/mol. The van der Waals surface area contributed by atoms with E-state index < -0.39 is 0 Å². The van der Waals surface area contributed by atoms with Crippen LogP contribution in [-0.4, -0.2) is 29.3 Å². The Balaban J connectivity index is 2.19. The predicted octanol–water partition coefficient (Wildman–Crippen LogP) is 0.876. The molecule has 2 N–H and O–H groups in total. The van der Waals surface area contributed by atoms with Crippen molar-refractivity contribution in [3.8, 4) is 0 Å². The molecule has 0 bridgehead atoms. The van der Waals surface area contributed by atoms with Gasteiger partial charge in [0.2, 0.25) is 11.8 Å². The quantitative estimate of drug-likeness (QED) is 0.787. The van der Waals surface area contributed by atoms with Gasteiger partial charge in [-0.25, -0.2) is 0 Å². The highest BCUT2D eigenvalue weighted by Crippen LogP contribution is 2.29. The van der Waals surface area contributed by atoms with Crippen LogP contribution in [0.5, 0.6) is 0 Å². The van der Waals surface area contributed by atoms with Gasteiger partial charge in [0.25, 0.3) is 0 Å². The van der Waals surface area contributed by atoms with Crippen LogP contribution in [0.3, 0.4) is 0 Å². The molecular weight excluding hydrogens is 216 g/mol. The fourth-order valence-corrected chi connectivity index (χ4v) is 2.11. The van der Waals surface area contributed by atoms with Crippen molar-refractivity contribution in [1.29, 1.82) is 0 Å². The van der Waals surface area contributed by atoms with Crippen molar-refractivity contribution in [2.75, 3.05) is 6.54 Å². The van der Waals surface area contributed by atoms with Gasteiger partial charge in [-0.3, -0.25) is 14.5 Å². The van der Waals surface area contributed by atoms with Crippen LogP contribution in [0, 0.1) is 0 Å². The molecule has 17 heavy (non-hydrogen) atoms. The second-order valence-electron chi connectivity index (χ2n) is 4.49. The molecule has 2 amide bonds. The number of likely N-dealkylation sites (tertiary alicyclic amines) is 1. The van der Waals surface area contributed by atoms with Crippen LogP contribution < -0.4 is 5.73 Å². The van der Waals surface area contributed by atoms with Crippen molar-refractivity contribution < 1.29 is 9.59 Å². The predicted molar refractivity (Wildman–Crippen MR) is 64.2 cm³/mol. The molecule has 1 heterocycles. The first-order valence-electron chi connectivity index (χ1n) is 5.74. The summed E-state index contributed by atoms with van der Waals surface area (Å²) >= 11 is 0. The first kappa shape index (κ1) is 11.8. The van der Waals surface area contributed by atoms with Crippen molar-refractivity contribution in [3.05, 3.63) is 35.9 Å². The third-order valence-electron chi connectivity index (χ3n) is 2.92. The van der Waals surface area contributed by atoms with Crippen LogP contribution in [0.1, 0.15) is 24.8 Å². The number of rotatable bonds is 3. The van der Waals surface area contributed by atoms with Crippen molar-refractivity contribution in [2.24, 2.45) is 5.73 Å². The fraction of sp³-hybridized carbons (Fsp3) is 0.385. The first-order valence-corrected chi connectivity index (χ1v) is 5.74. The van der Waals surface area contributed by atoms with Crippen molar-refractivity contribution in [3.63, 3.8) is 0 Å². The summed E-state index contributed by atoms with van der Waals surface area (Å²) in [5, 5.41) is 0. The van der Waals surface area contributed by atoms with Crippen LogP contribution in [0.2, 0.25) is 0 Å². The Morgan fingerprint density at radius 3 is 2.59 bits per heavy atom. The van der Waals surface area contributed by atoms with Crippen molar-refractivity contribution in [1.82, 2.24) is 4.90 Å². The minimum atomic E-state index is -0.331. The molecule has 0 spiro atoms. The molecular formula is C13H16N2O2. The number of hydrogen-bond acceptors (Lipinski definition) is 3. The molecule has 1 fully saturated rings. The summed E-state index contributed by atoms with van der Waals surface area (Å²) in [7, 11) is 0. The van der Waals surface area contributed by atoms with Gasteiger partial charge in [0.15, 0.2) is 0 Å². The number of nitrogens with two attached hydrogens (primary N) is 1.